The van der Waals surface area contributed by atoms with Crippen molar-refractivity contribution in [2.75, 3.05) is 12.0 Å². The lowest BCUT2D eigenvalue weighted by Crippen LogP contribution is -2.13. The summed E-state index contributed by atoms with van der Waals surface area (Å²) in [6.07, 6.45) is 0. The number of carbonyl (C=O) groups is 1. The highest BCUT2D eigenvalue weighted by molar-refractivity contribution is 14.1. The van der Waals surface area contributed by atoms with Crippen LogP contribution in [0.3, 0.4) is 0 Å². The summed E-state index contributed by atoms with van der Waals surface area (Å²) in [5, 5.41) is 2.72. The van der Waals surface area contributed by atoms with E-state index in [9.17, 15) is 9.18 Å². The van der Waals surface area contributed by atoms with Crippen molar-refractivity contribution in [3.05, 3.63) is 63.5 Å². The van der Waals surface area contributed by atoms with Gasteiger partial charge in [-0.3, -0.25) is 0 Å². The van der Waals surface area contributed by atoms with E-state index in [2.05, 4.69) is 5.32 Å². The van der Waals surface area contributed by atoms with Crippen molar-refractivity contribution in [3.63, 3.8) is 0 Å². The molecule has 19 heavy (non-hydrogen) atoms. The van der Waals surface area contributed by atoms with Gasteiger partial charge in [-0.15, -0.1) is 0 Å². The molecule has 0 aliphatic heterocycles. The molecule has 0 spiro atoms. The van der Waals surface area contributed by atoms with Crippen LogP contribution in [0.25, 0.3) is 0 Å². The molecule has 0 atom stereocenters. The topological polar surface area (TPSA) is 38.3 Å². The van der Waals surface area contributed by atoms with Crippen LogP contribution in [0.5, 0.6) is 0 Å². The van der Waals surface area contributed by atoms with Crippen molar-refractivity contribution >= 4 is 34.2 Å². The van der Waals surface area contributed by atoms with E-state index in [0.29, 0.717) is 11.3 Å². The van der Waals surface area contributed by atoms with Crippen LogP contribution in [-0.4, -0.2) is 12.7 Å². The predicted octanol–water partition coefficient (Wildman–Crippen LogP) is 3.66. The molecule has 98 valence electrons. The highest BCUT2D eigenvalue weighted by Crippen LogP contribution is 2.16. The normalized spacial score (nSPS) is 10.0. The Kier molecular flexibility index (Phi) is 4.73. The number of benzene rings is 2. The minimum absolute atomic E-state index is 0.0781. The number of ether oxygens (including phenoxy) is 1. The van der Waals surface area contributed by atoms with Crippen LogP contribution < -0.4 is 5.32 Å². The van der Waals surface area contributed by atoms with Gasteiger partial charge < -0.3 is 10.1 Å². The highest BCUT2D eigenvalue weighted by atomic mass is 127. The quantitative estimate of drug-likeness (QED) is 0.507. The van der Waals surface area contributed by atoms with E-state index in [1.165, 1.54) is 6.07 Å². The first-order valence-electron chi connectivity index (χ1n) is 5.58. The van der Waals surface area contributed by atoms with E-state index in [-0.39, 0.29) is 12.5 Å². The predicted molar refractivity (Wildman–Crippen MR) is 79.5 cm³/mol. The molecule has 0 radical (unpaired) electrons. The zero-order valence-electron chi connectivity index (χ0n) is 9.90. The molecule has 0 unspecified atom stereocenters. The van der Waals surface area contributed by atoms with Gasteiger partial charge in [-0.05, 0) is 52.9 Å². The first-order valence-corrected chi connectivity index (χ1v) is 6.66. The SMILES string of the molecule is O=C(OCNc1ccc(I)cc1F)c1ccccc1. The lowest BCUT2D eigenvalue weighted by molar-refractivity contribution is 0.0533. The monoisotopic (exact) mass is 371 g/mol. The highest BCUT2D eigenvalue weighted by Gasteiger charge is 2.06. The van der Waals surface area contributed by atoms with Crippen LogP contribution in [0.15, 0.2) is 48.5 Å². The number of anilines is 1. The van der Waals surface area contributed by atoms with Gasteiger partial charge in [-0.25, -0.2) is 9.18 Å². The van der Waals surface area contributed by atoms with Crippen LogP contribution in [0.4, 0.5) is 10.1 Å². The largest absolute Gasteiger partial charge is 0.441 e. The van der Waals surface area contributed by atoms with Crippen LogP contribution >= 0.6 is 22.6 Å². The van der Waals surface area contributed by atoms with Gasteiger partial charge in [0.1, 0.15) is 5.82 Å². The first-order chi connectivity index (χ1) is 9.16. The Bertz CT molecular complexity index is 575. The molecule has 3 nitrogen and oxygen atoms in total. The van der Waals surface area contributed by atoms with Crippen molar-refractivity contribution in [2.45, 2.75) is 0 Å². The minimum atomic E-state index is -0.445. The first kappa shape index (κ1) is 13.8. The fourth-order valence-electron chi connectivity index (χ4n) is 1.47. The Hall–Kier alpha value is -1.63. The van der Waals surface area contributed by atoms with E-state index in [4.69, 9.17) is 4.74 Å². The van der Waals surface area contributed by atoms with Gasteiger partial charge in [0.2, 0.25) is 0 Å². The van der Waals surface area contributed by atoms with E-state index < -0.39 is 5.97 Å². The molecule has 0 saturated heterocycles. The second-order valence-electron chi connectivity index (χ2n) is 3.74. The van der Waals surface area contributed by atoms with Crippen LogP contribution in [0, 0.1) is 9.39 Å². The fraction of sp³-hybridized carbons (Fsp3) is 0.0714. The van der Waals surface area contributed by atoms with Crippen LogP contribution in [0.2, 0.25) is 0 Å². The molecule has 0 aliphatic rings. The Morgan fingerprint density at radius 1 is 1.21 bits per heavy atom. The van der Waals surface area contributed by atoms with E-state index in [1.807, 2.05) is 28.7 Å². The average Bonchev–Trinajstić information content (AvgIpc) is 2.42. The lowest BCUT2D eigenvalue weighted by atomic mass is 10.2. The zero-order chi connectivity index (χ0) is 13.7. The summed E-state index contributed by atoms with van der Waals surface area (Å²) in [6, 6.07) is 13.4. The molecule has 5 heteroatoms. The molecule has 2 aromatic rings. The molecule has 0 heterocycles. The standard InChI is InChI=1S/C14H11FINO2/c15-12-8-11(16)6-7-13(12)17-9-19-14(18)10-4-2-1-3-5-10/h1-8,17H,9H2. The molecule has 0 aromatic heterocycles. The molecule has 0 fully saturated rings. The van der Waals surface area contributed by atoms with Gasteiger partial charge in [-0.1, -0.05) is 18.2 Å². The number of rotatable bonds is 4. The number of hydrogen-bond donors (Lipinski definition) is 1. The fourth-order valence-corrected chi connectivity index (χ4v) is 1.92. The van der Waals surface area contributed by atoms with Gasteiger partial charge in [0, 0.05) is 3.57 Å². The van der Waals surface area contributed by atoms with Crippen molar-refractivity contribution in [2.24, 2.45) is 0 Å². The van der Waals surface area contributed by atoms with E-state index in [1.54, 1.807) is 36.4 Å². The Morgan fingerprint density at radius 3 is 2.63 bits per heavy atom. The maximum Gasteiger partial charge on any atom is 0.339 e. The van der Waals surface area contributed by atoms with Crippen LogP contribution in [0.1, 0.15) is 10.4 Å². The summed E-state index contributed by atoms with van der Waals surface area (Å²) >= 11 is 2.02. The summed E-state index contributed by atoms with van der Waals surface area (Å²) < 4.78 is 19.3. The number of hydrogen-bond acceptors (Lipinski definition) is 3. The number of carbonyl (C=O) groups excluding carboxylic acids is 1. The second-order valence-corrected chi connectivity index (χ2v) is 4.99. The van der Waals surface area contributed by atoms with Crippen molar-refractivity contribution in [1.82, 2.24) is 0 Å². The molecule has 2 rings (SSSR count). The third-order valence-corrected chi connectivity index (χ3v) is 3.08. The maximum atomic E-state index is 13.5. The number of nitrogens with one attached hydrogen (secondary N) is 1. The summed E-state index contributed by atoms with van der Waals surface area (Å²) in [4.78, 5) is 11.6. The van der Waals surface area contributed by atoms with Crippen molar-refractivity contribution in [1.29, 1.82) is 0 Å². The summed E-state index contributed by atoms with van der Waals surface area (Å²) in [7, 11) is 0. The maximum absolute atomic E-state index is 13.5. The molecular formula is C14H11FINO2. The van der Waals surface area contributed by atoms with Crippen LogP contribution in [-0.2, 0) is 4.74 Å². The van der Waals surface area contributed by atoms with Gasteiger partial charge >= 0.3 is 5.97 Å². The zero-order valence-corrected chi connectivity index (χ0v) is 12.1. The van der Waals surface area contributed by atoms with Crippen molar-refractivity contribution in [3.8, 4) is 0 Å². The Labute approximate surface area is 123 Å². The third-order valence-electron chi connectivity index (χ3n) is 2.41. The lowest BCUT2D eigenvalue weighted by Gasteiger charge is -2.08. The summed E-state index contributed by atoms with van der Waals surface area (Å²) in [6.45, 7) is -0.0781. The molecule has 0 aliphatic carbocycles. The van der Waals surface area contributed by atoms with E-state index >= 15 is 0 Å². The van der Waals surface area contributed by atoms with Gasteiger partial charge in [0.05, 0.1) is 11.3 Å². The molecule has 0 bridgehead atoms. The summed E-state index contributed by atoms with van der Waals surface area (Å²) in [5.41, 5.74) is 0.772. The van der Waals surface area contributed by atoms with Gasteiger partial charge in [0.25, 0.3) is 0 Å². The molecule has 0 saturated carbocycles. The summed E-state index contributed by atoms with van der Waals surface area (Å²) in [5.74, 6) is -0.818. The number of esters is 1. The molecule has 0 amide bonds. The van der Waals surface area contributed by atoms with Gasteiger partial charge in [-0.2, -0.15) is 0 Å². The Morgan fingerprint density at radius 2 is 1.95 bits per heavy atom. The van der Waals surface area contributed by atoms with Gasteiger partial charge in [0.15, 0.2) is 6.73 Å². The number of halogens is 2. The second kappa shape index (κ2) is 6.51. The molecule has 2 aromatic carbocycles. The molecule has 1 N–H and O–H groups in total. The Balaban J connectivity index is 1.88. The average molecular weight is 371 g/mol. The van der Waals surface area contributed by atoms with E-state index in [0.717, 1.165) is 3.57 Å². The van der Waals surface area contributed by atoms with Crippen molar-refractivity contribution < 1.29 is 13.9 Å². The molecular weight excluding hydrogens is 360 g/mol. The smallest absolute Gasteiger partial charge is 0.339 e. The third kappa shape index (κ3) is 3.92. The minimum Gasteiger partial charge on any atom is -0.441 e.